The van der Waals surface area contributed by atoms with Crippen LogP contribution in [0.1, 0.15) is 103 Å². The number of aliphatic hydroxyl groups excluding tert-OH is 2. The lowest BCUT2D eigenvalue weighted by atomic mass is 10.0. The highest BCUT2D eigenvalue weighted by Crippen LogP contribution is 2.13. The van der Waals surface area contributed by atoms with E-state index in [1.807, 2.05) is 6.08 Å². The third-order valence-electron chi connectivity index (χ3n) is 4.27. The van der Waals surface area contributed by atoms with Crippen molar-refractivity contribution in [3.63, 3.8) is 0 Å². The van der Waals surface area contributed by atoms with Gasteiger partial charge in [-0.2, -0.15) is 0 Å². The minimum atomic E-state index is -0.674. The van der Waals surface area contributed by atoms with Crippen molar-refractivity contribution < 1.29 is 10.2 Å². The van der Waals surface area contributed by atoms with E-state index in [0.717, 1.165) is 6.42 Å². The summed E-state index contributed by atoms with van der Waals surface area (Å²) in [5.41, 5.74) is 0. The van der Waals surface area contributed by atoms with Crippen LogP contribution in [0.25, 0.3) is 0 Å². The predicted molar refractivity (Wildman–Crippen MR) is 97.2 cm³/mol. The molecule has 0 aliphatic heterocycles. The quantitative estimate of drug-likeness (QED) is 0.264. The Labute approximate surface area is 139 Å². The molecule has 0 saturated heterocycles. The summed E-state index contributed by atoms with van der Waals surface area (Å²) in [6, 6.07) is 0. The van der Waals surface area contributed by atoms with Gasteiger partial charge in [-0.1, -0.05) is 103 Å². The molecule has 0 aromatic carbocycles. The molecule has 0 aliphatic rings. The average molecular weight is 313 g/mol. The molecule has 2 N–H and O–H groups in total. The molecule has 22 heavy (non-hydrogen) atoms. The zero-order valence-electron chi connectivity index (χ0n) is 14.9. The lowest BCUT2D eigenvalue weighted by Gasteiger charge is -2.03. The third kappa shape index (κ3) is 17.7. The highest BCUT2D eigenvalue weighted by Gasteiger charge is 1.95. The van der Waals surface area contributed by atoms with Crippen LogP contribution in [0.15, 0.2) is 12.2 Å². The number of rotatable bonds is 17. The van der Waals surface area contributed by atoms with E-state index in [2.05, 4.69) is 6.92 Å². The Balaban J connectivity index is 3.04. The molecule has 0 fully saturated rings. The van der Waals surface area contributed by atoms with Gasteiger partial charge in [-0.15, -0.1) is 0 Å². The van der Waals surface area contributed by atoms with Crippen LogP contribution in [0.5, 0.6) is 0 Å². The van der Waals surface area contributed by atoms with Gasteiger partial charge in [0, 0.05) is 0 Å². The first kappa shape index (κ1) is 21.7. The minimum Gasteiger partial charge on any atom is -0.393 e. The Hall–Kier alpha value is -0.340. The first-order valence-corrected chi connectivity index (χ1v) is 9.76. The molecule has 0 rings (SSSR count). The Morgan fingerprint density at radius 1 is 0.682 bits per heavy atom. The highest BCUT2D eigenvalue weighted by atomic mass is 16.3. The van der Waals surface area contributed by atoms with Crippen molar-refractivity contribution in [2.45, 2.75) is 109 Å². The smallest absolute Gasteiger partial charge is 0.0951 e. The normalized spacial score (nSPS) is 13.0. The lowest BCUT2D eigenvalue weighted by Crippen LogP contribution is -2.06. The lowest BCUT2D eigenvalue weighted by molar-refractivity contribution is 0.131. The molecule has 0 amide bonds. The van der Waals surface area contributed by atoms with Crippen LogP contribution in [0.3, 0.4) is 0 Å². The standard InChI is InChI=1S/C20H40O2/c1-2-3-4-5-6-7-8-9-10-11-12-13-14-15-16-17-18-20(22)19-21/h17-18,20-22H,2-16,19H2,1H3/b18-17+. The third-order valence-corrected chi connectivity index (χ3v) is 4.27. The number of hydrogen-bond acceptors (Lipinski definition) is 2. The molecular weight excluding hydrogens is 272 g/mol. The van der Waals surface area contributed by atoms with E-state index >= 15 is 0 Å². The van der Waals surface area contributed by atoms with Crippen molar-refractivity contribution in [1.82, 2.24) is 0 Å². The average Bonchev–Trinajstić information content (AvgIpc) is 2.54. The second kappa shape index (κ2) is 18.7. The van der Waals surface area contributed by atoms with Gasteiger partial charge >= 0.3 is 0 Å². The second-order valence-corrected chi connectivity index (χ2v) is 6.56. The van der Waals surface area contributed by atoms with Crippen LogP contribution in [-0.4, -0.2) is 22.9 Å². The van der Waals surface area contributed by atoms with Crippen LogP contribution in [0.4, 0.5) is 0 Å². The zero-order chi connectivity index (χ0) is 16.3. The fourth-order valence-corrected chi connectivity index (χ4v) is 2.77. The molecule has 0 aromatic rings. The molecule has 1 atom stereocenters. The minimum absolute atomic E-state index is 0.171. The van der Waals surface area contributed by atoms with Crippen molar-refractivity contribution in [1.29, 1.82) is 0 Å². The van der Waals surface area contributed by atoms with Gasteiger partial charge in [-0.05, 0) is 12.8 Å². The van der Waals surface area contributed by atoms with Crippen LogP contribution < -0.4 is 0 Å². The van der Waals surface area contributed by atoms with E-state index in [0.29, 0.717) is 0 Å². The molecule has 132 valence electrons. The summed E-state index contributed by atoms with van der Waals surface area (Å²) in [6.07, 6.45) is 23.4. The maximum Gasteiger partial charge on any atom is 0.0951 e. The maximum absolute atomic E-state index is 9.14. The van der Waals surface area contributed by atoms with Crippen LogP contribution in [0, 0.1) is 0 Å². The van der Waals surface area contributed by atoms with E-state index in [1.165, 1.54) is 89.9 Å². The molecule has 2 nitrogen and oxygen atoms in total. The number of hydrogen-bond donors (Lipinski definition) is 2. The van der Waals surface area contributed by atoms with E-state index in [1.54, 1.807) is 6.08 Å². The van der Waals surface area contributed by atoms with Crippen molar-refractivity contribution >= 4 is 0 Å². The molecule has 0 heterocycles. The van der Waals surface area contributed by atoms with Crippen molar-refractivity contribution in [3.8, 4) is 0 Å². The van der Waals surface area contributed by atoms with Crippen molar-refractivity contribution in [3.05, 3.63) is 12.2 Å². The first-order valence-electron chi connectivity index (χ1n) is 9.76. The van der Waals surface area contributed by atoms with Gasteiger partial charge in [0.1, 0.15) is 0 Å². The van der Waals surface area contributed by atoms with Gasteiger partial charge in [0.05, 0.1) is 12.7 Å². The molecule has 0 aliphatic carbocycles. The predicted octanol–water partition coefficient (Wildman–Crippen LogP) is 5.77. The Kier molecular flexibility index (Phi) is 18.4. The molecule has 0 aromatic heterocycles. The summed E-state index contributed by atoms with van der Waals surface area (Å²) in [5, 5.41) is 17.8. The molecule has 1 unspecified atom stereocenters. The van der Waals surface area contributed by atoms with Gasteiger partial charge in [0.25, 0.3) is 0 Å². The summed E-state index contributed by atoms with van der Waals surface area (Å²) in [5.74, 6) is 0. The molecular formula is C20H40O2. The van der Waals surface area contributed by atoms with Gasteiger partial charge in [0.15, 0.2) is 0 Å². The summed E-state index contributed by atoms with van der Waals surface area (Å²) < 4.78 is 0. The topological polar surface area (TPSA) is 40.5 Å². The maximum atomic E-state index is 9.14. The number of aliphatic hydroxyl groups is 2. The number of unbranched alkanes of at least 4 members (excludes halogenated alkanes) is 14. The van der Waals surface area contributed by atoms with Crippen LogP contribution >= 0.6 is 0 Å². The van der Waals surface area contributed by atoms with Crippen LogP contribution in [0.2, 0.25) is 0 Å². The molecule has 0 saturated carbocycles. The highest BCUT2D eigenvalue weighted by molar-refractivity contribution is 4.87. The summed E-state index contributed by atoms with van der Waals surface area (Å²) in [4.78, 5) is 0. The van der Waals surface area contributed by atoms with Gasteiger partial charge in [-0.25, -0.2) is 0 Å². The SMILES string of the molecule is CCCCCCCCCCCCCCCC/C=C/C(O)CO. The fraction of sp³-hybridized carbons (Fsp3) is 0.900. The molecule has 2 heteroatoms. The van der Waals surface area contributed by atoms with Crippen LogP contribution in [-0.2, 0) is 0 Å². The summed E-state index contributed by atoms with van der Waals surface area (Å²) in [6.45, 7) is 2.10. The Bertz CT molecular complexity index is 226. The largest absolute Gasteiger partial charge is 0.393 e. The molecule has 0 bridgehead atoms. The van der Waals surface area contributed by atoms with E-state index in [4.69, 9.17) is 10.2 Å². The zero-order valence-corrected chi connectivity index (χ0v) is 14.9. The Morgan fingerprint density at radius 2 is 1.09 bits per heavy atom. The summed E-state index contributed by atoms with van der Waals surface area (Å²) >= 11 is 0. The first-order chi connectivity index (χ1) is 10.8. The monoisotopic (exact) mass is 312 g/mol. The van der Waals surface area contributed by atoms with E-state index < -0.39 is 6.10 Å². The van der Waals surface area contributed by atoms with Crippen molar-refractivity contribution in [2.24, 2.45) is 0 Å². The van der Waals surface area contributed by atoms with Gasteiger partial charge < -0.3 is 10.2 Å². The van der Waals surface area contributed by atoms with Gasteiger partial charge in [-0.3, -0.25) is 0 Å². The fourth-order valence-electron chi connectivity index (χ4n) is 2.77. The summed E-state index contributed by atoms with van der Waals surface area (Å²) in [7, 11) is 0. The van der Waals surface area contributed by atoms with E-state index in [9.17, 15) is 0 Å². The number of allylic oxidation sites excluding steroid dienone is 1. The molecule has 0 radical (unpaired) electrons. The van der Waals surface area contributed by atoms with Crippen molar-refractivity contribution in [2.75, 3.05) is 6.61 Å². The molecule has 0 spiro atoms. The van der Waals surface area contributed by atoms with E-state index in [-0.39, 0.29) is 6.61 Å². The second-order valence-electron chi connectivity index (χ2n) is 6.56. The Morgan fingerprint density at radius 3 is 1.50 bits per heavy atom. The van der Waals surface area contributed by atoms with Gasteiger partial charge in [0.2, 0.25) is 0 Å².